The molecule has 0 saturated carbocycles. The number of hydrogen-bond acceptors (Lipinski definition) is 6. The SMILES string of the molecule is CCCOc1cc(NCCNCCOC)cc([N+](=O)[O-])c1. The summed E-state index contributed by atoms with van der Waals surface area (Å²) in [5.74, 6) is 0.515. The molecular formula is C14H23N3O4. The molecule has 0 heterocycles. The number of nitro benzene ring substituents is 1. The first kappa shape index (κ1) is 17.2. The van der Waals surface area contributed by atoms with Gasteiger partial charge in [-0.05, 0) is 6.42 Å². The Bertz CT molecular complexity index is 440. The van der Waals surface area contributed by atoms with Crippen molar-refractivity contribution in [2.24, 2.45) is 0 Å². The number of nitrogens with zero attached hydrogens (tertiary/aromatic N) is 1. The van der Waals surface area contributed by atoms with Crippen molar-refractivity contribution in [1.82, 2.24) is 5.32 Å². The molecule has 0 aliphatic carbocycles. The third-order valence-electron chi connectivity index (χ3n) is 2.69. The zero-order chi connectivity index (χ0) is 15.5. The first-order chi connectivity index (χ1) is 10.2. The van der Waals surface area contributed by atoms with E-state index in [2.05, 4.69) is 10.6 Å². The molecule has 0 radical (unpaired) electrons. The second kappa shape index (κ2) is 9.95. The van der Waals surface area contributed by atoms with Crippen molar-refractivity contribution in [3.8, 4) is 5.75 Å². The van der Waals surface area contributed by atoms with Crippen LogP contribution in [0.2, 0.25) is 0 Å². The Kier molecular flexibility index (Phi) is 8.15. The van der Waals surface area contributed by atoms with Crippen LogP contribution in [0.1, 0.15) is 13.3 Å². The lowest BCUT2D eigenvalue weighted by Crippen LogP contribution is -2.25. The Morgan fingerprint density at radius 1 is 1.19 bits per heavy atom. The van der Waals surface area contributed by atoms with Crippen LogP contribution in [0.25, 0.3) is 0 Å². The van der Waals surface area contributed by atoms with Gasteiger partial charge in [-0.25, -0.2) is 0 Å². The van der Waals surface area contributed by atoms with E-state index in [-0.39, 0.29) is 5.69 Å². The Hall–Kier alpha value is -1.86. The Labute approximate surface area is 124 Å². The van der Waals surface area contributed by atoms with E-state index in [1.54, 1.807) is 13.2 Å². The zero-order valence-electron chi connectivity index (χ0n) is 12.6. The number of benzene rings is 1. The van der Waals surface area contributed by atoms with Crippen LogP contribution in [-0.4, -0.2) is 44.9 Å². The summed E-state index contributed by atoms with van der Waals surface area (Å²) in [6, 6.07) is 4.73. The predicted octanol–water partition coefficient (Wildman–Crippen LogP) is 2.03. The number of nitrogens with one attached hydrogen (secondary N) is 2. The Balaban J connectivity index is 2.54. The molecule has 21 heavy (non-hydrogen) atoms. The number of nitro groups is 1. The van der Waals surface area contributed by atoms with E-state index in [0.29, 0.717) is 31.2 Å². The average molecular weight is 297 g/mol. The van der Waals surface area contributed by atoms with Gasteiger partial charge in [-0.2, -0.15) is 0 Å². The predicted molar refractivity (Wildman–Crippen MR) is 82.1 cm³/mol. The second-order valence-corrected chi connectivity index (χ2v) is 4.49. The summed E-state index contributed by atoms with van der Waals surface area (Å²) < 4.78 is 10.4. The highest BCUT2D eigenvalue weighted by Crippen LogP contribution is 2.26. The quantitative estimate of drug-likeness (QED) is 0.369. The Morgan fingerprint density at radius 3 is 2.67 bits per heavy atom. The molecule has 0 saturated heterocycles. The van der Waals surface area contributed by atoms with Gasteiger partial charge in [0.2, 0.25) is 0 Å². The van der Waals surface area contributed by atoms with Crippen LogP contribution in [0.4, 0.5) is 11.4 Å². The smallest absolute Gasteiger partial charge is 0.275 e. The molecule has 118 valence electrons. The van der Waals surface area contributed by atoms with Crippen molar-refractivity contribution in [3.63, 3.8) is 0 Å². The highest BCUT2D eigenvalue weighted by atomic mass is 16.6. The Morgan fingerprint density at radius 2 is 2.00 bits per heavy atom. The molecule has 0 atom stereocenters. The minimum absolute atomic E-state index is 0.0263. The van der Waals surface area contributed by atoms with Crippen LogP contribution in [0.5, 0.6) is 5.75 Å². The minimum Gasteiger partial charge on any atom is -0.493 e. The first-order valence-electron chi connectivity index (χ1n) is 7.03. The summed E-state index contributed by atoms with van der Waals surface area (Å²) in [5.41, 5.74) is 0.710. The van der Waals surface area contributed by atoms with Gasteiger partial charge in [0.1, 0.15) is 5.75 Å². The summed E-state index contributed by atoms with van der Waals surface area (Å²) in [6.07, 6.45) is 0.856. The van der Waals surface area contributed by atoms with E-state index >= 15 is 0 Å². The van der Waals surface area contributed by atoms with Crippen molar-refractivity contribution in [2.45, 2.75) is 13.3 Å². The molecule has 0 aromatic heterocycles. The molecule has 1 aromatic carbocycles. The molecule has 7 nitrogen and oxygen atoms in total. The highest BCUT2D eigenvalue weighted by Gasteiger charge is 2.10. The molecule has 0 fully saturated rings. The summed E-state index contributed by atoms with van der Waals surface area (Å²) in [6.45, 7) is 5.38. The number of methoxy groups -OCH3 is 1. The number of hydrogen-bond donors (Lipinski definition) is 2. The normalized spacial score (nSPS) is 10.4. The topological polar surface area (TPSA) is 85.7 Å². The van der Waals surface area contributed by atoms with E-state index < -0.39 is 4.92 Å². The minimum atomic E-state index is -0.416. The summed E-state index contributed by atoms with van der Waals surface area (Å²) >= 11 is 0. The van der Waals surface area contributed by atoms with E-state index in [9.17, 15) is 10.1 Å². The molecule has 0 aliphatic heterocycles. The fourth-order valence-corrected chi connectivity index (χ4v) is 1.69. The van der Waals surface area contributed by atoms with Crippen molar-refractivity contribution in [3.05, 3.63) is 28.3 Å². The lowest BCUT2D eigenvalue weighted by atomic mass is 10.2. The van der Waals surface area contributed by atoms with Crippen LogP contribution in [-0.2, 0) is 4.74 Å². The molecule has 1 rings (SSSR count). The average Bonchev–Trinajstić information content (AvgIpc) is 2.48. The summed E-state index contributed by atoms with van der Waals surface area (Å²) in [7, 11) is 1.65. The largest absolute Gasteiger partial charge is 0.493 e. The van der Waals surface area contributed by atoms with Crippen LogP contribution < -0.4 is 15.4 Å². The third-order valence-corrected chi connectivity index (χ3v) is 2.69. The van der Waals surface area contributed by atoms with E-state index in [0.717, 1.165) is 19.5 Å². The number of anilines is 1. The fourth-order valence-electron chi connectivity index (χ4n) is 1.69. The second-order valence-electron chi connectivity index (χ2n) is 4.49. The van der Waals surface area contributed by atoms with Gasteiger partial charge in [0, 0.05) is 44.6 Å². The highest BCUT2D eigenvalue weighted by molar-refractivity contribution is 5.56. The van der Waals surface area contributed by atoms with Gasteiger partial charge in [0.25, 0.3) is 5.69 Å². The maximum absolute atomic E-state index is 10.9. The molecule has 0 unspecified atom stereocenters. The van der Waals surface area contributed by atoms with Crippen molar-refractivity contribution in [2.75, 3.05) is 45.3 Å². The number of ether oxygens (including phenoxy) is 2. The molecule has 0 aliphatic rings. The molecule has 2 N–H and O–H groups in total. The van der Waals surface area contributed by atoms with E-state index in [4.69, 9.17) is 9.47 Å². The van der Waals surface area contributed by atoms with Gasteiger partial charge in [-0.1, -0.05) is 6.92 Å². The molecule has 0 amide bonds. The van der Waals surface area contributed by atoms with Crippen molar-refractivity contribution < 1.29 is 14.4 Å². The van der Waals surface area contributed by atoms with Gasteiger partial charge in [0.05, 0.1) is 24.2 Å². The maximum atomic E-state index is 10.9. The van der Waals surface area contributed by atoms with Gasteiger partial charge in [-0.15, -0.1) is 0 Å². The number of non-ortho nitro benzene ring substituents is 1. The third kappa shape index (κ3) is 6.92. The standard InChI is InChI=1S/C14H23N3O4/c1-3-7-21-14-10-12(9-13(11-14)17(18)19)16-5-4-15-6-8-20-2/h9-11,15-16H,3-8H2,1-2H3. The van der Waals surface area contributed by atoms with E-state index in [1.807, 2.05) is 6.92 Å². The lowest BCUT2D eigenvalue weighted by molar-refractivity contribution is -0.384. The van der Waals surface area contributed by atoms with Crippen LogP contribution in [0.3, 0.4) is 0 Å². The monoisotopic (exact) mass is 297 g/mol. The lowest BCUT2D eigenvalue weighted by Gasteiger charge is -2.10. The molecule has 1 aromatic rings. The first-order valence-corrected chi connectivity index (χ1v) is 7.03. The maximum Gasteiger partial charge on any atom is 0.275 e. The molecule has 7 heteroatoms. The fraction of sp³-hybridized carbons (Fsp3) is 0.571. The van der Waals surface area contributed by atoms with Gasteiger partial charge >= 0.3 is 0 Å². The van der Waals surface area contributed by atoms with Crippen LogP contribution in [0.15, 0.2) is 18.2 Å². The van der Waals surface area contributed by atoms with Gasteiger partial charge in [0.15, 0.2) is 0 Å². The zero-order valence-corrected chi connectivity index (χ0v) is 12.6. The van der Waals surface area contributed by atoms with Gasteiger partial charge < -0.3 is 20.1 Å². The van der Waals surface area contributed by atoms with E-state index in [1.165, 1.54) is 12.1 Å². The molecular weight excluding hydrogens is 274 g/mol. The molecule has 0 bridgehead atoms. The van der Waals surface area contributed by atoms with Crippen LogP contribution in [0, 0.1) is 10.1 Å². The summed E-state index contributed by atoms with van der Waals surface area (Å²) in [5, 5.41) is 17.3. The molecule has 0 spiro atoms. The summed E-state index contributed by atoms with van der Waals surface area (Å²) in [4.78, 5) is 10.5. The van der Waals surface area contributed by atoms with Crippen molar-refractivity contribution >= 4 is 11.4 Å². The van der Waals surface area contributed by atoms with Crippen LogP contribution >= 0.6 is 0 Å². The van der Waals surface area contributed by atoms with Gasteiger partial charge in [-0.3, -0.25) is 10.1 Å². The number of rotatable bonds is 11. The van der Waals surface area contributed by atoms with Crippen molar-refractivity contribution in [1.29, 1.82) is 0 Å².